The molecule has 0 bridgehead atoms. The molecule has 4 aromatic carbocycles. The van der Waals surface area contributed by atoms with Crippen LogP contribution in [-0.4, -0.2) is 77.9 Å². The van der Waals surface area contributed by atoms with Gasteiger partial charge in [0.1, 0.15) is 35.0 Å². The van der Waals surface area contributed by atoms with E-state index >= 15 is 0 Å². The first-order valence-corrected chi connectivity index (χ1v) is 15.9. The zero-order chi connectivity index (χ0) is 37.9. The molecule has 1 aliphatic heterocycles. The summed E-state index contributed by atoms with van der Waals surface area (Å²) in [7, 11) is 0. The van der Waals surface area contributed by atoms with Crippen LogP contribution in [0.15, 0.2) is 66.7 Å². The predicted molar refractivity (Wildman–Crippen MR) is 181 cm³/mol. The molecule has 3 atom stereocenters. The number of rotatable bonds is 10. The van der Waals surface area contributed by atoms with Gasteiger partial charge in [-0.15, -0.1) is 0 Å². The summed E-state index contributed by atoms with van der Waals surface area (Å²) in [6.07, 6.45) is -2.60. The van der Waals surface area contributed by atoms with Crippen molar-refractivity contribution in [2.24, 2.45) is 0 Å². The fraction of sp³-hybridized carbons (Fsp3) is 0.270. The van der Waals surface area contributed by atoms with Gasteiger partial charge in [0.15, 0.2) is 41.5 Å². The van der Waals surface area contributed by atoms with Gasteiger partial charge in [0.05, 0.1) is 5.56 Å². The lowest BCUT2D eigenvalue weighted by Gasteiger charge is -2.34. The van der Waals surface area contributed by atoms with E-state index in [4.69, 9.17) is 18.9 Å². The SMILES string of the molecule is CC(C)(C)OC(=O)[C@H](Cc1ccccc1)NC(=O)COc1c(O)cc(C(=O)O[C@@H]2Cc3c(O)cc(O)cc3O[C@@H]2c2cc(O)c(O)c(O)c2)cc1O. The normalized spacial score (nSPS) is 15.8. The summed E-state index contributed by atoms with van der Waals surface area (Å²) in [5.74, 6) is -7.48. The minimum absolute atomic E-state index is 0.0140. The van der Waals surface area contributed by atoms with Crippen LogP contribution >= 0.6 is 0 Å². The monoisotopic (exact) mass is 719 g/mol. The van der Waals surface area contributed by atoms with Crippen molar-refractivity contribution in [2.45, 2.75) is 57.5 Å². The Kier molecular flexibility index (Phi) is 10.4. The number of hydrogen-bond acceptors (Lipinski definition) is 14. The van der Waals surface area contributed by atoms with Crippen LogP contribution in [-0.2, 0) is 31.9 Å². The van der Waals surface area contributed by atoms with E-state index in [1.807, 2.05) is 0 Å². The molecule has 8 N–H and O–H groups in total. The van der Waals surface area contributed by atoms with E-state index in [0.717, 1.165) is 35.9 Å². The quantitative estimate of drug-likeness (QED) is 0.0855. The van der Waals surface area contributed by atoms with Crippen LogP contribution < -0.4 is 14.8 Å². The van der Waals surface area contributed by atoms with Crippen LogP contribution in [0, 0.1) is 0 Å². The standard InChI is InChI=1S/C37H37NO14/c1-37(2,3)52-36(48)23(9-18-7-5-4-6-8-18)38-31(45)17-49-34-27(43)12-20(13-28(34)44)35(47)51-30-16-22-24(40)14-21(39)15-29(22)50-33(30)19-10-25(41)32(46)26(42)11-19/h4-8,10-15,23,30,33,39-44,46H,9,16-17H2,1-3H3,(H,38,45)/t23-,30+,33+/m0/s1. The van der Waals surface area contributed by atoms with Crippen LogP contribution in [0.4, 0.5) is 0 Å². The predicted octanol–water partition coefficient (Wildman–Crippen LogP) is 3.98. The van der Waals surface area contributed by atoms with Gasteiger partial charge in [0, 0.05) is 36.1 Å². The Morgan fingerprint density at radius 1 is 0.846 bits per heavy atom. The third-order valence-corrected chi connectivity index (χ3v) is 7.79. The lowest BCUT2D eigenvalue weighted by molar-refractivity contribution is -0.158. The zero-order valence-corrected chi connectivity index (χ0v) is 28.2. The molecular weight excluding hydrogens is 682 g/mol. The summed E-state index contributed by atoms with van der Waals surface area (Å²) in [6, 6.07) is 14.0. The van der Waals surface area contributed by atoms with Gasteiger partial charge in [0.25, 0.3) is 5.91 Å². The van der Waals surface area contributed by atoms with Gasteiger partial charge < -0.3 is 60.0 Å². The van der Waals surface area contributed by atoms with E-state index in [1.54, 1.807) is 51.1 Å². The van der Waals surface area contributed by atoms with E-state index < -0.39 is 82.8 Å². The Balaban J connectivity index is 1.31. The molecule has 0 saturated carbocycles. The third kappa shape index (κ3) is 8.61. The summed E-state index contributed by atoms with van der Waals surface area (Å²) in [5, 5.41) is 74.4. The molecule has 0 aromatic heterocycles. The van der Waals surface area contributed by atoms with E-state index in [1.165, 1.54) is 6.07 Å². The van der Waals surface area contributed by atoms with Crippen LogP contribution in [0.5, 0.6) is 51.7 Å². The smallest absolute Gasteiger partial charge is 0.338 e. The summed E-state index contributed by atoms with van der Waals surface area (Å²) < 4.78 is 22.4. The zero-order valence-electron chi connectivity index (χ0n) is 28.2. The third-order valence-electron chi connectivity index (χ3n) is 7.79. The number of benzene rings is 4. The maximum absolute atomic E-state index is 13.4. The number of esters is 2. The van der Waals surface area contributed by atoms with Crippen molar-refractivity contribution >= 4 is 17.8 Å². The Bertz CT molecular complexity index is 1940. The van der Waals surface area contributed by atoms with Crippen molar-refractivity contribution in [2.75, 3.05) is 6.61 Å². The minimum Gasteiger partial charge on any atom is -0.508 e. The van der Waals surface area contributed by atoms with Gasteiger partial charge in [-0.1, -0.05) is 30.3 Å². The number of carbonyl (C=O) groups is 3. The molecule has 4 aromatic rings. The van der Waals surface area contributed by atoms with Gasteiger partial charge in [-0.2, -0.15) is 0 Å². The molecule has 15 nitrogen and oxygen atoms in total. The minimum atomic E-state index is -1.27. The van der Waals surface area contributed by atoms with Crippen LogP contribution in [0.2, 0.25) is 0 Å². The Morgan fingerprint density at radius 2 is 1.48 bits per heavy atom. The highest BCUT2D eigenvalue weighted by molar-refractivity contribution is 5.91. The van der Waals surface area contributed by atoms with Crippen molar-refractivity contribution in [3.8, 4) is 51.7 Å². The molecule has 1 amide bonds. The Labute approximate surface area is 296 Å². The molecule has 1 aliphatic rings. The van der Waals surface area contributed by atoms with E-state index in [2.05, 4.69) is 5.32 Å². The molecular formula is C37H37NO14. The first-order chi connectivity index (χ1) is 24.5. The lowest BCUT2D eigenvalue weighted by atomic mass is 9.93. The number of carbonyl (C=O) groups excluding carboxylic acids is 3. The highest BCUT2D eigenvalue weighted by Crippen LogP contribution is 2.46. The molecule has 0 unspecified atom stereocenters. The highest BCUT2D eigenvalue weighted by Gasteiger charge is 2.37. The fourth-order valence-electron chi connectivity index (χ4n) is 5.48. The number of ether oxygens (including phenoxy) is 4. The second-order valence-electron chi connectivity index (χ2n) is 13.0. The first-order valence-electron chi connectivity index (χ1n) is 15.9. The molecule has 0 fully saturated rings. The molecule has 274 valence electrons. The van der Waals surface area contributed by atoms with Crippen molar-refractivity contribution in [3.05, 3.63) is 89.0 Å². The van der Waals surface area contributed by atoms with Crippen molar-refractivity contribution < 1.29 is 69.1 Å². The highest BCUT2D eigenvalue weighted by atomic mass is 16.6. The molecule has 5 rings (SSSR count). The van der Waals surface area contributed by atoms with Gasteiger partial charge in [0.2, 0.25) is 5.75 Å². The number of hydrogen-bond donors (Lipinski definition) is 8. The average Bonchev–Trinajstić information content (AvgIpc) is 3.06. The lowest BCUT2D eigenvalue weighted by Crippen LogP contribution is -2.47. The molecule has 15 heteroatoms. The maximum atomic E-state index is 13.4. The van der Waals surface area contributed by atoms with Crippen LogP contribution in [0.1, 0.15) is 53.9 Å². The molecule has 0 spiro atoms. The number of phenols is 7. The summed E-state index contributed by atoms with van der Waals surface area (Å²) in [4.78, 5) is 39.1. The van der Waals surface area contributed by atoms with Gasteiger partial charge in [-0.05, 0) is 50.6 Å². The second kappa shape index (κ2) is 14.8. The molecule has 1 heterocycles. The van der Waals surface area contributed by atoms with Crippen LogP contribution in [0.25, 0.3) is 0 Å². The summed E-state index contributed by atoms with van der Waals surface area (Å²) >= 11 is 0. The van der Waals surface area contributed by atoms with Gasteiger partial charge in [-0.25, -0.2) is 9.59 Å². The second-order valence-corrected chi connectivity index (χ2v) is 13.0. The van der Waals surface area contributed by atoms with Crippen molar-refractivity contribution in [1.29, 1.82) is 0 Å². The van der Waals surface area contributed by atoms with Crippen LogP contribution in [0.3, 0.4) is 0 Å². The Hall–Kier alpha value is -6.51. The summed E-state index contributed by atoms with van der Waals surface area (Å²) in [6.45, 7) is 4.31. The Morgan fingerprint density at radius 3 is 2.10 bits per heavy atom. The average molecular weight is 720 g/mol. The number of phenolic OH excluding ortho intramolecular Hbond substituents is 7. The first kappa shape index (κ1) is 36.8. The molecule has 0 saturated heterocycles. The molecule has 0 radical (unpaired) electrons. The van der Waals surface area contributed by atoms with E-state index in [9.17, 15) is 50.1 Å². The van der Waals surface area contributed by atoms with Crippen molar-refractivity contribution in [1.82, 2.24) is 5.32 Å². The number of fused-ring (bicyclic) bond motifs is 1. The fourth-order valence-corrected chi connectivity index (χ4v) is 5.48. The topological polar surface area (TPSA) is 242 Å². The summed E-state index contributed by atoms with van der Waals surface area (Å²) in [5.41, 5.74) is -0.237. The molecule has 0 aliphatic carbocycles. The molecule has 52 heavy (non-hydrogen) atoms. The van der Waals surface area contributed by atoms with Gasteiger partial charge >= 0.3 is 11.9 Å². The van der Waals surface area contributed by atoms with E-state index in [-0.39, 0.29) is 46.8 Å². The largest absolute Gasteiger partial charge is 0.508 e. The van der Waals surface area contributed by atoms with Gasteiger partial charge in [-0.3, -0.25) is 4.79 Å². The van der Waals surface area contributed by atoms with E-state index in [0.29, 0.717) is 0 Å². The number of nitrogens with one attached hydrogen (secondary N) is 1. The number of aromatic hydroxyl groups is 7. The number of amides is 1. The maximum Gasteiger partial charge on any atom is 0.338 e. The van der Waals surface area contributed by atoms with Crippen molar-refractivity contribution in [3.63, 3.8) is 0 Å².